The Kier molecular flexibility index (Phi) is 13.4. The Bertz CT molecular complexity index is 2030. The number of ether oxygens (including phenoxy) is 7. The lowest BCUT2D eigenvalue weighted by Gasteiger charge is -2.41. The summed E-state index contributed by atoms with van der Waals surface area (Å²) < 4.78 is 41.1. The molecule has 17 nitrogen and oxygen atoms in total. The minimum absolute atomic E-state index is 0.00493. The molecular formula is C42H46O17. The van der Waals surface area contributed by atoms with Crippen molar-refractivity contribution in [3.05, 3.63) is 125 Å². The van der Waals surface area contributed by atoms with Crippen molar-refractivity contribution in [2.75, 3.05) is 13.2 Å². The van der Waals surface area contributed by atoms with Crippen LogP contribution >= 0.6 is 0 Å². The standard InChI is InChI=1S/C42H46O17/c1-4-5-21(3)53-18-26-16-29(46)36(49)41(55-26)57-31-15-25(44)14-30-27(31)17-32(40(56-30)23-12-20(2)35(48)28(45)13-23)58-42-39(52)38(51)37(50)33(59-42)19-54-34(47)11-8-22-6-9-24(43)10-7-22/h4,6-15,17,26,29-30,33,36-39,41-46,48-52H,1,3,5,16,18-19H2,2H3. The first-order chi connectivity index (χ1) is 28.1. The van der Waals surface area contributed by atoms with Crippen LogP contribution in [0.15, 0.2) is 109 Å². The first kappa shape index (κ1) is 42.8. The predicted molar refractivity (Wildman–Crippen MR) is 205 cm³/mol. The number of aliphatic hydroxyl groups excluding tert-OH is 6. The van der Waals surface area contributed by atoms with Crippen molar-refractivity contribution in [1.82, 2.24) is 0 Å². The van der Waals surface area contributed by atoms with E-state index in [4.69, 9.17) is 33.2 Å². The van der Waals surface area contributed by atoms with Gasteiger partial charge in [-0.05, 0) is 54.5 Å². The van der Waals surface area contributed by atoms with E-state index in [1.54, 1.807) is 18.2 Å². The Morgan fingerprint density at radius 2 is 1.61 bits per heavy atom. The van der Waals surface area contributed by atoms with Gasteiger partial charge in [0.2, 0.25) is 12.6 Å². The lowest BCUT2D eigenvalue weighted by Crippen LogP contribution is -2.59. The second-order valence-corrected chi connectivity index (χ2v) is 14.2. The van der Waals surface area contributed by atoms with Crippen molar-refractivity contribution < 1.29 is 83.9 Å². The van der Waals surface area contributed by atoms with Gasteiger partial charge in [-0.3, -0.25) is 0 Å². The molecule has 0 radical (unpaired) electrons. The van der Waals surface area contributed by atoms with Gasteiger partial charge in [0, 0.05) is 42.2 Å². The third kappa shape index (κ3) is 10.1. The van der Waals surface area contributed by atoms with Gasteiger partial charge < -0.3 is 79.1 Å². The van der Waals surface area contributed by atoms with Gasteiger partial charge in [0.1, 0.15) is 67.1 Å². The van der Waals surface area contributed by atoms with E-state index in [9.17, 15) is 50.8 Å². The summed E-state index contributed by atoms with van der Waals surface area (Å²) in [5.41, 5.74) is 1.14. The molecule has 0 saturated carbocycles. The zero-order chi connectivity index (χ0) is 42.5. The van der Waals surface area contributed by atoms with Crippen LogP contribution in [0.5, 0.6) is 17.2 Å². The van der Waals surface area contributed by atoms with Crippen LogP contribution in [0.3, 0.4) is 0 Å². The molecule has 10 unspecified atom stereocenters. The summed E-state index contributed by atoms with van der Waals surface area (Å²) in [6, 6.07) is 8.61. The summed E-state index contributed by atoms with van der Waals surface area (Å²) >= 11 is 0. The van der Waals surface area contributed by atoms with Crippen molar-refractivity contribution in [3.63, 3.8) is 0 Å². The van der Waals surface area contributed by atoms with Crippen LogP contribution in [0.4, 0.5) is 0 Å². The second kappa shape index (κ2) is 18.4. The van der Waals surface area contributed by atoms with Crippen molar-refractivity contribution in [2.45, 2.75) is 81.2 Å². The Morgan fingerprint density at radius 1 is 0.881 bits per heavy atom. The van der Waals surface area contributed by atoms with Gasteiger partial charge in [-0.1, -0.05) is 24.8 Å². The van der Waals surface area contributed by atoms with E-state index in [1.807, 2.05) is 0 Å². The molecule has 3 heterocycles. The molecular weight excluding hydrogens is 776 g/mol. The minimum atomic E-state index is -1.89. The molecule has 10 atom stereocenters. The summed E-state index contributed by atoms with van der Waals surface area (Å²) in [4.78, 5) is 12.5. The van der Waals surface area contributed by atoms with Crippen molar-refractivity contribution in [2.24, 2.45) is 0 Å². The molecule has 2 aromatic rings. The molecule has 0 amide bonds. The highest BCUT2D eigenvalue weighted by Crippen LogP contribution is 2.42. The summed E-state index contributed by atoms with van der Waals surface area (Å²) in [6.45, 7) is 8.33. The van der Waals surface area contributed by atoms with Crippen molar-refractivity contribution in [1.29, 1.82) is 0 Å². The molecule has 3 aliphatic heterocycles. The summed E-state index contributed by atoms with van der Waals surface area (Å²) in [6.07, 6.45) is -6.45. The van der Waals surface area contributed by atoms with Crippen molar-refractivity contribution >= 4 is 17.8 Å². The highest BCUT2D eigenvalue weighted by Gasteiger charge is 2.47. The summed E-state index contributed by atoms with van der Waals surface area (Å²) in [5, 5.41) is 95.3. The fourth-order valence-corrected chi connectivity index (χ4v) is 6.50. The number of allylic oxidation sites excluding steroid dienone is 3. The number of phenols is 3. The normalized spacial score (nSPS) is 29.3. The molecule has 2 saturated heterocycles. The van der Waals surface area contributed by atoms with E-state index in [1.165, 1.54) is 55.5 Å². The average molecular weight is 823 g/mol. The zero-order valence-electron chi connectivity index (χ0n) is 31.7. The zero-order valence-corrected chi connectivity index (χ0v) is 31.7. The Labute approximate surface area is 338 Å². The van der Waals surface area contributed by atoms with Crippen LogP contribution in [0.25, 0.3) is 11.8 Å². The van der Waals surface area contributed by atoms with E-state index in [-0.39, 0.29) is 58.5 Å². The maximum absolute atomic E-state index is 12.5. The predicted octanol–water partition coefficient (Wildman–Crippen LogP) is 2.49. The first-order valence-electron chi connectivity index (χ1n) is 18.5. The number of fused-ring (bicyclic) bond motifs is 1. The van der Waals surface area contributed by atoms with E-state index < -0.39 is 85.5 Å². The van der Waals surface area contributed by atoms with Crippen LogP contribution in [0.2, 0.25) is 0 Å². The number of hydrogen-bond acceptors (Lipinski definition) is 17. The quantitative estimate of drug-likeness (QED) is 0.0436. The Balaban J connectivity index is 1.27. The number of aromatic hydroxyl groups is 3. The molecule has 0 bridgehead atoms. The van der Waals surface area contributed by atoms with E-state index >= 15 is 0 Å². The number of carbonyl (C=O) groups is 1. The second-order valence-electron chi connectivity index (χ2n) is 14.2. The fourth-order valence-electron chi connectivity index (χ4n) is 6.50. The van der Waals surface area contributed by atoms with E-state index in [2.05, 4.69) is 13.2 Å². The summed E-state index contributed by atoms with van der Waals surface area (Å²) in [7, 11) is 0. The van der Waals surface area contributed by atoms with Crippen LogP contribution in [0, 0.1) is 6.92 Å². The lowest BCUT2D eigenvalue weighted by molar-refractivity contribution is -0.291. The molecule has 1 aliphatic carbocycles. The molecule has 17 heteroatoms. The topological polar surface area (TPSA) is 264 Å². The highest BCUT2D eigenvalue weighted by atomic mass is 16.7. The maximum Gasteiger partial charge on any atom is 0.330 e. The lowest BCUT2D eigenvalue weighted by atomic mass is 9.96. The number of esters is 1. The summed E-state index contributed by atoms with van der Waals surface area (Å²) in [5.74, 6) is -2.04. The Morgan fingerprint density at radius 3 is 2.32 bits per heavy atom. The molecule has 59 heavy (non-hydrogen) atoms. The molecule has 2 fully saturated rings. The molecule has 2 aromatic carbocycles. The number of benzene rings is 2. The third-order valence-corrected chi connectivity index (χ3v) is 9.69. The Hall–Kier alpha value is -5.79. The van der Waals surface area contributed by atoms with Crippen LogP contribution in [0.1, 0.15) is 29.5 Å². The smallest absolute Gasteiger partial charge is 0.330 e. The SMILES string of the molecule is C=CCC(=C)OCC1CC(O)C(O)C(OC2=CC(O)=CC3OC(c4cc(C)c(O)c(O)c4)=C(OC4OC(COC(=O)C=Cc5ccc(O)cc5)C(O)C(O)C4O)C=C23)O1. The van der Waals surface area contributed by atoms with Gasteiger partial charge in [0.15, 0.2) is 23.0 Å². The molecule has 0 aromatic heterocycles. The minimum Gasteiger partial charge on any atom is -0.508 e. The number of rotatable bonds is 14. The molecule has 6 rings (SSSR count). The molecule has 9 N–H and O–H groups in total. The van der Waals surface area contributed by atoms with Crippen molar-refractivity contribution in [3.8, 4) is 17.2 Å². The van der Waals surface area contributed by atoms with Crippen LogP contribution in [-0.2, 0) is 38.0 Å². The first-order valence-corrected chi connectivity index (χ1v) is 18.5. The van der Waals surface area contributed by atoms with Gasteiger partial charge in [-0.2, -0.15) is 0 Å². The van der Waals surface area contributed by atoms with Crippen LogP contribution in [-0.4, -0.2) is 127 Å². The number of carbonyl (C=O) groups excluding carboxylic acids is 1. The van der Waals surface area contributed by atoms with Gasteiger partial charge in [-0.25, -0.2) is 4.79 Å². The van der Waals surface area contributed by atoms with E-state index in [0.717, 1.165) is 6.08 Å². The third-order valence-electron chi connectivity index (χ3n) is 9.69. The monoisotopic (exact) mass is 822 g/mol. The van der Waals surface area contributed by atoms with Gasteiger partial charge in [0.05, 0.1) is 18.0 Å². The van der Waals surface area contributed by atoms with E-state index in [0.29, 0.717) is 17.7 Å². The number of phenolic OH excluding ortho intramolecular Hbond substituents is 3. The van der Waals surface area contributed by atoms with Gasteiger partial charge in [-0.15, -0.1) is 6.58 Å². The van der Waals surface area contributed by atoms with Gasteiger partial charge >= 0.3 is 5.97 Å². The molecule has 316 valence electrons. The van der Waals surface area contributed by atoms with Crippen LogP contribution < -0.4 is 0 Å². The van der Waals surface area contributed by atoms with Gasteiger partial charge in [0.25, 0.3) is 0 Å². The average Bonchev–Trinajstić information content (AvgIpc) is 3.20. The number of aryl methyl sites for hydroxylation is 1. The largest absolute Gasteiger partial charge is 0.508 e. The molecule has 0 spiro atoms. The fraction of sp³-hybridized carbons (Fsp3) is 0.357. The maximum atomic E-state index is 12.5. The number of hydrogen-bond donors (Lipinski definition) is 9. The molecule has 4 aliphatic rings. The number of aliphatic hydroxyl groups is 6. The highest BCUT2D eigenvalue weighted by molar-refractivity contribution is 5.87.